The third-order valence-electron chi connectivity index (χ3n) is 2.25. The first kappa shape index (κ1) is 11.3. The third kappa shape index (κ3) is 2.48. The average Bonchev–Trinajstić information content (AvgIpc) is 2.97. The van der Waals surface area contributed by atoms with E-state index in [2.05, 4.69) is 4.98 Å². The molecule has 0 saturated carbocycles. The number of carbonyl (C=O) groups excluding carboxylic acids is 1. The van der Waals surface area contributed by atoms with Crippen LogP contribution in [0.15, 0.2) is 28.4 Å². The fourth-order valence-electron chi connectivity index (χ4n) is 1.40. The van der Waals surface area contributed by atoms with Gasteiger partial charge in [-0.15, -0.1) is 22.7 Å². The van der Waals surface area contributed by atoms with Gasteiger partial charge in [-0.1, -0.05) is 6.07 Å². The van der Waals surface area contributed by atoms with E-state index in [9.17, 15) is 4.79 Å². The van der Waals surface area contributed by atoms with Gasteiger partial charge in [-0.25, -0.2) is 4.98 Å². The first-order chi connectivity index (χ1) is 7.81. The van der Waals surface area contributed by atoms with Gasteiger partial charge in [-0.2, -0.15) is 0 Å². The minimum Gasteiger partial charge on any atom is -0.332 e. The van der Waals surface area contributed by atoms with Gasteiger partial charge in [0, 0.05) is 16.8 Å². The van der Waals surface area contributed by atoms with Crippen LogP contribution in [-0.2, 0) is 6.54 Å². The van der Waals surface area contributed by atoms with Crippen LogP contribution >= 0.6 is 22.7 Å². The molecule has 0 bridgehead atoms. The van der Waals surface area contributed by atoms with Gasteiger partial charge in [0.05, 0.1) is 12.1 Å². The lowest BCUT2D eigenvalue weighted by molar-refractivity contribution is 0.0749. The van der Waals surface area contributed by atoms with E-state index in [1.54, 1.807) is 27.1 Å². The van der Waals surface area contributed by atoms with Crippen LogP contribution in [-0.4, -0.2) is 22.3 Å². The molecule has 0 aromatic carbocycles. The van der Waals surface area contributed by atoms with E-state index in [4.69, 9.17) is 0 Å². The Bertz CT molecular complexity index is 437. The van der Waals surface area contributed by atoms with Gasteiger partial charge in [0.2, 0.25) is 0 Å². The zero-order valence-corrected chi connectivity index (χ0v) is 10.6. The maximum atomic E-state index is 12.0. The van der Waals surface area contributed by atoms with Crippen molar-refractivity contribution in [2.24, 2.45) is 0 Å². The lowest BCUT2D eigenvalue weighted by Crippen LogP contribution is -2.30. The maximum Gasteiger partial charge on any atom is 0.273 e. The first-order valence-electron chi connectivity index (χ1n) is 5.01. The highest BCUT2D eigenvalue weighted by Gasteiger charge is 2.16. The van der Waals surface area contributed by atoms with Gasteiger partial charge in [0.1, 0.15) is 5.69 Å². The number of nitrogens with zero attached hydrogens (tertiary/aromatic N) is 2. The Morgan fingerprint density at radius 2 is 2.44 bits per heavy atom. The van der Waals surface area contributed by atoms with Crippen LogP contribution in [0.3, 0.4) is 0 Å². The third-order valence-corrected chi connectivity index (χ3v) is 3.69. The fraction of sp³-hybridized carbons (Fsp3) is 0.273. The number of hydrogen-bond donors (Lipinski definition) is 0. The van der Waals surface area contributed by atoms with Crippen molar-refractivity contribution in [2.45, 2.75) is 13.5 Å². The highest BCUT2D eigenvalue weighted by Crippen LogP contribution is 2.14. The second-order valence-electron chi connectivity index (χ2n) is 3.27. The molecule has 84 valence electrons. The molecule has 0 aliphatic heterocycles. The number of thiazole rings is 1. The van der Waals surface area contributed by atoms with Crippen molar-refractivity contribution < 1.29 is 4.79 Å². The number of hydrogen-bond acceptors (Lipinski definition) is 4. The van der Waals surface area contributed by atoms with Gasteiger partial charge in [0.15, 0.2) is 0 Å². The summed E-state index contributed by atoms with van der Waals surface area (Å²) < 4.78 is 0. The number of thiophene rings is 1. The van der Waals surface area contributed by atoms with Crippen LogP contribution in [0.2, 0.25) is 0 Å². The van der Waals surface area contributed by atoms with E-state index >= 15 is 0 Å². The molecule has 0 radical (unpaired) electrons. The summed E-state index contributed by atoms with van der Waals surface area (Å²) in [6.07, 6.45) is 0. The number of carbonyl (C=O) groups is 1. The SMILES string of the molecule is CCN(Cc1cccs1)C(=O)c1cscn1. The van der Waals surface area contributed by atoms with Crippen LogP contribution in [0.25, 0.3) is 0 Å². The second-order valence-corrected chi connectivity index (χ2v) is 5.02. The van der Waals surface area contributed by atoms with Crippen molar-refractivity contribution in [1.29, 1.82) is 0 Å². The van der Waals surface area contributed by atoms with E-state index < -0.39 is 0 Å². The van der Waals surface area contributed by atoms with Crippen molar-refractivity contribution in [1.82, 2.24) is 9.88 Å². The first-order valence-corrected chi connectivity index (χ1v) is 6.83. The van der Waals surface area contributed by atoms with Gasteiger partial charge in [-0.3, -0.25) is 4.79 Å². The smallest absolute Gasteiger partial charge is 0.273 e. The van der Waals surface area contributed by atoms with Crippen molar-refractivity contribution in [3.8, 4) is 0 Å². The molecule has 16 heavy (non-hydrogen) atoms. The normalized spacial score (nSPS) is 10.3. The summed E-state index contributed by atoms with van der Waals surface area (Å²) >= 11 is 3.12. The van der Waals surface area contributed by atoms with E-state index in [1.807, 2.05) is 24.4 Å². The molecule has 0 aliphatic carbocycles. The van der Waals surface area contributed by atoms with Crippen LogP contribution in [0.5, 0.6) is 0 Å². The summed E-state index contributed by atoms with van der Waals surface area (Å²) in [5.41, 5.74) is 2.23. The largest absolute Gasteiger partial charge is 0.332 e. The second kappa shape index (κ2) is 5.23. The molecule has 0 saturated heterocycles. The molecule has 0 atom stereocenters. The Kier molecular flexibility index (Phi) is 3.69. The predicted molar refractivity (Wildman–Crippen MR) is 66.8 cm³/mol. The summed E-state index contributed by atoms with van der Waals surface area (Å²) in [7, 11) is 0. The highest BCUT2D eigenvalue weighted by atomic mass is 32.1. The molecule has 2 rings (SSSR count). The Labute approximate surface area is 102 Å². The van der Waals surface area contributed by atoms with Crippen LogP contribution in [0.4, 0.5) is 0 Å². The molecule has 0 fully saturated rings. The zero-order chi connectivity index (χ0) is 11.4. The number of aromatic nitrogens is 1. The predicted octanol–water partition coefficient (Wildman–Crippen LogP) is 2.87. The summed E-state index contributed by atoms with van der Waals surface area (Å²) in [6, 6.07) is 4.04. The topological polar surface area (TPSA) is 33.2 Å². The van der Waals surface area contributed by atoms with Crippen LogP contribution in [0, 0.1) is 0 Å². The van der Waals surface area contributed by atoms with E-state index in [0.717, 1.165) is 0 Å². The summed E-state index contributed by atoms with van der Waals surface area (Å²) in [5.74, 6) is 0.0113. The molecular formula is C11H12N2OS2. The Morgan fingerprint density at radius 3 is 3.00 bits per heavy atom. The lowest BCUT2D eigenvalue weighted by atomic mass is 10.3. The molecule has 2 aromatic rings. The zero-order valence-electron chi connectivity index (χ0n) is 8.92. The van der Waals surface area contributed by atoms with Crippen molar-refractivity contribution in [3.63, 3.8) is 0 Å². The minimum absolute atomic E-state index is 0.0113. The van der Waals surface area contributed by atoms with Crippen molar-refractivity contribution in [3.05, 3.63) is 39.0 Å². The minimum atomic E-state index is 0.0113. The number of amides is 1. The van der Waals surface area contributed by atoms with Crippen LogP contribution in [0.1, 0.15) is 22.3 Å². The quantitative estimate of drug-likeness (QED) is 0.838. The molecule has 0 aliphatic rings. The van der Waals surface area contributed by atoms with Crippen molar-refractivity contribution >= 4 is 28.6 Å². The molecule has 3 nitrogen and oxygen atoms in total. The Hall–Kier alpha value is -1.20. The molecule has 1 amide bonds. The van der Waals surface area contributed by atoms with Gasteiger partial charge >= 0.3 is 0 Å². The summed E-state index contributed by atoms with van der Waals surface area (Å²) in [5, 5.41) is 3.82. The van der Waals surface area contributed by atoms with Crippen LogP contribution < -0.4 is 0 Å². The molecular weight excluding hydrogens is 240 g/mol. The lowest BCUT2D eigenvalue weighted by Gasteiger charge is -2.18. The molecule has 2 aromatic heterocycles. The standard InChI is InChI=1S/C11H12N2OS2/c1-2-13(6-9-4-3-5-16-9)11(14)10-7-15-8-12-10/h3-5,7-8H,2,6H2,1H3. The van der Waals surface area contributed by atoms with Gasteiger partial charge < -0.3 is 4.90 Å². The summed E-state index contributed by atoms with van der Waals surface area (Å²) in [6.45, 7) is 3.36. The number of rotatable bonds is 4. The van der Waals surface area contributed by atoms with E-state index in [-0.39, 0.29) is 5.91 Å². The molecule has 0 unspecified atom stereocenters. The molecule has 2 heterocycles. The Balaban J connectivity index is 2.08. The van der Waals surface area contributed by atoms with E-state index in [0.29, 0.717) is 18.8 Å². The average molecular weight is 252 g/mol. The van der Waals surface area contributed by atoms with Gasteiger partial charge in [-0.05, 0) is 18.4 Å². The maximum absolute atomic E-state index is 12.0. The monoisotopic (exact) mass is 252 g/mol. The molecule has 5 heteroatoms. The van der Waals surface area contributed by atoms with Gasteiger partial charge in [0.25, 0.3) is 5.91 Å². The van der Waals surface area contributed by atoms with E-state index in [1.165, 1.54) is 16.2 Å². The summed E-state index contributed by atoms with van der Waals surface area (Å²) in [4.78, 5) is 19.1. The molecule has 0 N–H and O–H groups in total. The van der Waals surface area contributed by atoms with Crippen molar-refractivity contribution in [2.75, 3.05) is 6.54 Å². The fourth-order valence-corrected chi connectivity index (χ4v) is 2.64. The Morgan fingerprint density at radius 1 is 1.56 bits per heavy atom. The highest BCUT2D eigenvalue weighted by molar-refractivity contribution is 7.09. The molecule has 0 spiro atoms.